The molecule has 0 unspecified atom stereocenters. The normalized spacial score (nSPS) is 21.6. The Morgan fingerprint density at radius 1 is 1.00 bits per heavy atom. The maximum atomic E-state index is 13.2. The summed E-state index contributed by atoms with van der Waals surface area (Å²) in [4.78, 5) is 30.6. The van der Waals surface area contributed by atoms with Gasteiger partial charge in [-0.3, -0.25) is 4.79 Å². The quantitative estimate of drug-likeness (QED) is 0.811. The molecular weight excluding hydrogens is 333 g/mol. The molecule has 2 aliphatic heterocycles. The van der Waals surface area contributed by atoms with Gasteiger partial charge in [-0.25, -0.2) is 9.18 Å². The monoisotopic (exact) mass is 361 g/mol. The highest BCUT2D eigenvalue weighted by molar-refractivity contribution is 5.80. The third-order valence-electron chi connectivity index (χ3n) is 5.54. The Labute approximate surface area is 154 Å². The summed E-state index contributed by atoms with van der Waals surface area (Å²) in [5.74, 6) is -0.0846. The van der Waals surface area contributed by atoms with Crippen LogP contribution >= 0.6 is 0 Å². The number of amides is 3. The molecule has 0 N–H and O–H groups in total. The molecule has 2 saturated heterocycles. The van der Waals surface area contributed by atoms with Crippen LogP contribution in [0.2, 0.25) is 0 Å². The predicted molar refractivity (Wildman–Crippen MR) is 98.1 cm³/mol. The van der Waals surface area contributed by atoms with E-state index in [0.29, 0.717) is 25.9 Å². The third kappa shape index (κ3) is 4.00. The van der Waals surface area contributed by atoms with Crippen LogP contribution in [0, 0.1) is 11.7 Å². The molecule has 5 nitrogen and oxygen atoms in total. The van der Waals surface area contributed by atoms with Crippen LogP contribution in [0.1, 0.15) is 43.7 Å². The molecule has 0 aliphatic carbocycles. The summed E-state index contributed by atoms with van der Waals surface area (Å²) in [5.41, 5.74) is 1.01. The molecule has 6 heteroatoms. The van der Waals surface area contributed by atoms with Crippen molar-refractivity contribution in [3.05, 3.63) is 35.6 Å². The minimum absolute atomic E-state index is 0.0121. The van der Waals surface area contributed by atoms with Gasteiger partial charge in [-0.05, 0) is 49.8 Å². The van der Waals surface area contributed by atoms with Gasteiger partial charge in [-0.2, -0.15) is 0 Å². The minimum Gasteiger partial charge on any atom is -0.335 e. The van der Waals surface area contributed by atoms with E-state index in [9.17, 15) is 14.0 Å². The third-order valence-corrected chi connectivity index (χ3v) is 5.54. The predicted octanol–water partition coefficient (Wildman–Crippen LogP) is 3.27. The van der Waals surface area contributed by atoms with Crippen molar-refractivity contribution in [1.82, 2.24) is 14.7 Å². The lowest BCUT2D eigenvalue weighted by Gasteiger charge is -2.40. The fourth-order valence-corrected chi connectivity index (χ4v) is 4.06. The maximum absolute atomic E-state index is 13.2. The van der Waals surface area contributed by atoms with E-state index in [-0.39, 0.29) is 29.7 Å². The number of rotatable bonds is 2. The van der Waals surface area contributed by atoms with Gasteiger partial charge < -0.3 is 14.7 Å². The molecule has 0 aromatic heterocycles. The Balaban J connectivity index is 1.66. The molecule has 142 valence electrons. The number of nitrogens with zero attached hydrogens (tertiary/aromatic N) is 3. The largest absolute Gasteiger partial charge is 0.335 e. The summed E-state index contributed by atoms with van der Waals surface area (Å²) in [6.45, 7) is 2.02. The molecule has 0 bridgehead atoms. The van der Waals surface area contributed by atoms with Crippen LogP contribution in [0.3, 0.4) is 0 Å². The van der Waals surface area contributed by atoms with Gasteiger partial charge in [-0.15, -0.1) is 0 Å². The first-order valence-corrected chi connectivity index (χ1v) is 9.49. The van der Waals surface area contributed by atoms with Crippen LogP contribution in [-0.2, 0) is 4.79 Å². The minimum atomic E-state index is -0.250. The Bertz CT molecular complexity index is 639. The zero-order valence-corrected chi connectivity index (χ0v) is 15.7. The highest BCUT2D eigenvalue weighted by atomic mass is 19.1. The van der Waals surface area contributed by atoms with E-state index in [1.807, 2.05) is 9.80 Å². The summed E-state index contributed by atoms with van der Waals surface area (Å²) >= 11 is 0. The van der Waals surface area contributed by atoms with Crippen molar-refractivity contribution in [2.24, 2.45) is 5.92 Å². The number of carbonyl (C=O) groups excluding carboxylic acids is 2. The zero-order valence-electron chi connectivity index (χ0n) is 15.7. The number of piperidine rings is 2. The molecule has 1 aromatic rings. The number of benzene rings is 1. The zero-order chi connectivity index (χ0) is 18.7. The highest BCUT2D eigenvalue weighted by Gasteiger charge is 2.35. The first-order chi connectivity index (χ1) is 12.5. The van der Waals surface area contributed by atoms with Crippen molar-refractivity contribution in [3.8, 4) is 0 Å². The second-order valence-electron chi connectivity index (χ2n) is 7.53. The van der Waals surface area contributed by atoms with Crippen LogP contribution in [0.5, 0.6) is 0 Å². The van der Waals surface area contributed by atoms with Crippen molar-refractivity contribution in [3.63, 3.8) is 0 Å². The molecule has 26 heavy (non-hydrogen) atoms. The van der Waals surface area contributed by atoms with Crippen LogP contribution in [0.25, 0.3) is 0 Å². The Morgan fingerprint density at radius 3 is 2.27 bits per heavy atom. The molecule has 0 spiro atoms. The lowest BCUT2D eigenvalue weighted by Crippen LogP contribution is -2.48. The topological polar surface area (TPSA) is 43.9 Å². The average molecular weight is 361 g/mol. The molecule has 1 atom stereocenters. The van der Waals surface area contributed by atoms with Crippen LogP contribution in [0.4, 0.5) is 9.18 Å². The lowest BCUT2D eigenvalue weighted by molar-refractivity contribution is -0.141. The molecule has 0 radical (unpaired) electrons. The van der Waals surface area contributed by atoms with Crippen molar-refractivity contribution in [2.75, 3.05) is 33.7 Å². The smallest absolute Gasteiger partial charge is 0.319 e. The number of urea groups is 1. The molecule has 3 rings (SSSR count). The van der Waals surface area contributed by atoms with Gasteiger partial charge in [0, 0.05) is 39.6 Å². The standard InChI is InChI=1S/C20H28FN3O2/c1-22(2)20(26)23-13-10-16(11-14-23)19(25)24-12-4-3-5-18(24)15-6-8-17(21)9-7-15/h6-9,16,18H,3-5,10-14H2,1-2H3/t18-/m1/s1. The summed E-state index contributed by atoms with van der Waals surface area (Å²) in [7, 11) is 3.50. The number of likely N-dealkylation sites (tertiary alicyclic amines) is 2. The van der Waals surface area contributed by atoms with Gasteiger partial charge in [0.15, 0.2) is 0 Å². The highest BCUT2D eigenvalue weighted by Crippen LogP contribution is 2.33. The maximum Gasteiger partial charge on any atom is 0.319 e. The summed E-state index contributed by atoms with van der Waals surface area (Å²) < 4.78 is 13.2. The number of hydrogen-bond acceptors (Lipinski definition) is 2. The van der Waals surface area contributed by atoms with Crippen molar-refractivity contribution < 1.29 is 14.0 Å². The van der Waals surface area contributed by atoms with Crippen molar-refractivity contribution in [2.45, 2.75) is 38.1 Å². The number of carbonyl (C=O) groups is 2. The number of halogens is 1. The Morgan fingerprint density at radius 2 is 1.65 bits per heavy atom. The van der Waals surface area contributed by atoms with Gasteiger partial charge in [0.1, 0.15) is 5.82 Å². The molecule has 1 aromatic carbocycles. The number of hydrogen-bond donors (Lipinski definition) is 0. The van der Waals surface area contributed by atoms with Gasteiger partial charge in [0.25, 0.3) is 0 Å². The van der Waals surface area contributed by atoms with Gasteiger partial charge in [0.2, 0.25) is 5.91 Å². The average Bonchev–Trinajstić information content (AvgIpc) is 2.67. The van der Waals surface area contributed by atoms with Gasteiger partial charge >= 0.3 is 6.03 Å². The first-order valence-electron chi connectivity index (χ1n) is 9.49. The molecule has 2 fully saturated rings. The molecule has 0 saturated carbocycles. The summed E-state index contributed by atoms with van der Waals surface area (Å²) in [6, 6.07) is 6.58. The second-order valence-corrected chi connectivity index (χ2v) is 7.53. The summed E-state index contributed by atoms with van der Waals surface area (Å²) in [5, 5.41) is 0. The van der Waals surface area contributed by atoms with E-state index >= 15 is 0 Å². The summed E-state index contributed by atoms with van der Waals surface area (Å²) in [6.07, 6.45) is 4.45. The van der Waals surface area contributed by atoms with E-state index in [2.05, 4.69) is 0 Å². The molecule has 2 heterocycles. The van der Waals surface area contributed by atoms with Crippen LogP contribution < -0.4 is 0 Å². The Kier molecular flexibility index (Phi) is 5.79. The lowest BCUT2D eigenvalue weighted by atomic mass is 9.90. The molecule has 3 amide bonds. The fraction of sp³-hybridized carbons (Fsp3) is 0.600. The van der Waals surface area contributed by atoms with Gasteiger partial charge in [0.05, 0.1) is 6.04 Å². The Hall–Kier alpha value is -2.11. The van der Waals surface area contributed by atoms with E-state index in [0.717, 1.165) is 31.4 Å². The van der Waals surface area contributed by atoms with E-state index in [1.165, 1.54) is 12.1 Å². The van der Waals surface area contributed by atoms with Crippen LogP contribution in [0.15, 0.2) is 24.3 Å². The van der Waals surface area contributed by atoms with Gasteiger partial charge in [-0.1, -0.05) is 12.1 Å². The van der Waals surface area contributed by atoms with Crippen LogP contribution in [-0.4, -0.2) is 60.4 Å². The fourth-order valence-electron chi connectivity index (χ4n) is 4.06. The molecular formula is C20H28FN3O2. The van der Waals surface area contributed by atoms with E-state index in [4.69, 9.17) is 0 Å². The SMILES string of the molecule is CN(C)C(=O)N1CCC(C(=O)N2CCCC[C@@H]2c2ccc(F)cc2)CC1. The molecule has 2 aliphatic rings. The first kappa shape index (κ1) is 18.7. The van der Waals surface area contributed by atoms with Crippen molar-refractivity contribution >= 4 is 11.9 Å². The van der Waals surface area contributed by atoms with Crippen molar-refractivity contribution in [1.29, 1.82) is 0 Å². The van der Waals surface area contributed by atoms with E-state index < -0.39 is 0 Å². The van der Waals surface area contributed by atoms with E-state index in [1.54, 1.807) is 31.1 Å². The second kappa shape index (κ2) is 8.06.